The van der Waals surface area contributed by atoms with Crippen molar-refractivity contribution in [1.82, 2.24) is 30.5 Å². The topological polar surface area (TPSA) is 113 Å². The van der Waals surface area contributed by atoms with Gasteiger partial charge < -0.3 is 20.9 Å². The molecule has 0 bridgehead atoms. The highest BCUT2D eigenvalue weighted by Gasteiger charge is 2.29. The Morgan fingerprint density at radius 3 is 2.50 bits per heavy atom. The number of anilines is 3. The second-order valence-electron chi connectivity index (χ2n) is 11.4. The van der Waals surface area contributed by atoms with Crippen LogP contribution < -0.4 is 20.9 Å². The second kappa shape index (κ2) is 12.7. The molecule has 10 heteroatoms. The number of hydrogen-bond acceptors (Lipinski definition) is 8. The molecule has 0 spiro atoms. The van der Waals surface area contributed by atoms with E-state index >= 15 is 0 Å². The third-order valence-electron chi connectivity index (χ3n) is 8.25. The Bertz CT molecular complexity index is 1500. The van der Waals surface area contributed by atoms with Gasteiger partial charge in [0.1, 0.15) is 5.82 Å². The summed E-state index contributed by atoms with van der Waals surface area (Å²) >= 11 is 0. The fraction of sp³-hybridized carbons (Fsp3) is 0.406. The summed E-state index contributed by atoms with van der Waals surface area (Å²) in [5.41, 5.74) is 5.13. The molecule has 1 saturated carbocycles. The zero-order valence-electron chi connectivity index (χ0n) is 24.3. The molecule has 4 aromatic rings. The van der Waals surface area contributed by atoms with Crippen LogP contribution in [0.2, 0.25) is 0 Å². The van der Waals surface area contributed by atoms with Crippen molar-refractivity contribution in [2.45, 2.75) is 63.6 Å². The van der Waals surface area contributed by atoms with Crippen LogP contribution in [0, 0.1) is 0 Å². The molecular weight excluding hydrogens is 526 g/mol. The normalized spacial score (nSPS) is 20.7. The van der Waals surface area contributed by atoms with Crippen LogP contribution in [0.5, 0.6) is 0 Å². The van der Waals surface area contributed by atoms with Gasteiger partial charge in [0.05, 0.1) is 7.05 Å². The molecule has 2 aromatic carbocycles. The predicted octanol–water partition coefficient (Wildman–Crippen LogP) is 4.88. The molecule has 218 valence electrons. The van der Waals surface area contributed by atoms with Gasteiger partial charge in [0.25, 0.3) is 0 Å². The molecule has 2 aromatic heterocycles. The third-order valence-corrected chi connectivity index (χ3v) is 8.25. The van der Waals surface area contributed by atoms with Crippen molar-refractivity contribution in [3.8, 4) is 22.5 Å². The monoisotopic (exact) mass is 565 g/mol. The molecular formula is C32H39N9O. The molecule has 3 heterocycles. The van der Waals surface area contributed by atoms with Crippen molar-refractivity contribution >= 4 is 23.1 Å². The van der Waals surface area contributed by atoms with Gasteiger partial charge in [-0.2, -0.15) is 4.80 Å². The molecule has 1 aliphatic heterocycles. The van der Waals surface area contributed by atoms with Crippen LogP contribution in [-0.4, -0.2) is 62.3 Å². The first kappa shape index (κ1) is 27.8. The number of rotatable bonds is 8. The van der Waals surface area contributed by atoms with E-state index in [1.54, 1.807) is 7.05 Å². The van der Waals surface area contributed by atoms with E-state index in [1.807, 2.05) is 30.5 Å². The summed E-state index contributed by atoms with van der Waals surface area (Å²) in [5.74, 6) is 1.46. The highest BCUT2D eigenvalue weighted by atomic mass is 16.1. The quantitative estimate of drug-likeness (QED) is 0.277. The zero-order valence-corrected chi connectivity index (χ0v) is 24.3. The van der Waals surface area contributed by atoms with Crippen LogP contribution in [-0.2, 0) is 11.8 Å². The maximum atomic E-state index is 11.5. The smallest absolute Gasteiger partial charge is 0.221 e. The first-order chi connectivity index (χ1) is 20.5. The number of carbonyl (C=O) groups is 1. The molecule has 3 N–H and O–H groups in total. The number of benzene rings is 2. The third kappa shape index (κ3) is 6.76. The van der Waals surface area contributed by atoms with Crippen LogP contribution in [0.4, 0.5) is 17.2 Å². The van der Waals surface area contributed by atoms with Crippen LogP contribution in [0.1, 0.15) is 45.4 Å². The van der Waals surface area contributed by atoms with Gasteiger partial charge in [0.15, 0.2) is 0 Å². The van der Waals surface area contributed by atoms with Gasteiger partial charge >= 0.3 is 0 Å². The van der Waals surface area contributed by atoms with Crippen molar-refractivity contribution in [2.75, 3.05) is 28.6 Å². The molecule has 42 heavy (non-hydrogen) atoms. The molecule has 2 aliphatic rings. The maximum absolute atomic E-state index is 11.5. The minimum absolute atomic E-state index is 0.0741. The molecule has 0 unspecified atom stereocenters. The number of nitrogens with one attached hydrogen (secondary N) is 3. The Labute approximate surface area is 246 Å². The number of nitrogens with zero attached hydrogens (tertiary/aromatic N) is 6. The summed E-state index contributed by atoms with van der Waals surface area (Å²) in [6.07, 6.45) is 8.95. The lowest BCUT2D eigenvalue weighted by atomic mass is 9.89. The van der Waals surface area contributed by atoms with Gasteiger partial charge in [-0.1, -0.05) is 25.0 Å². The van der Waals surface area contributed by atoms with Crippen molar-refractivity contribution in [3.05, 3.63) is 66.9 Å². The molecule has 6 rings (SSSR count). The number of hydrogen-bond donors (Lipinski definition) is 3. The number of amides is 1. The lowest BCUT2D eigenvalue weighted by molar-refractivity contribution is -0.114. The summed E-state index contributed by atoms with van der Waals surface area (Å²) < 4.78 is 0. The van der Waals surface area contributed by atoms with Crippen molar-refractivity contribution in [3.63, 3.8) is 0 Å². The summed E-state index contributed by atoms with van der Waals surface area (Å²) in [6, 6.07) is 21.7. The second-order valence-corrected chi connectivity index (χ2v) is 11.4. The number of carbonyl (C=O) groups excluding carboxylic acids is 1. The Morgan fingerprint density at radius 1 is 0.905 bits per heavy atom. The highest BCUT2D eigenvalue weighted by Crippen LogP contribution is 2.28. The number of aryl methyl sites for hydroxylation is 1. The first-order valence-electron chi connectivity index (χ1n) is 15.0. The van der Waals surface area contributed by atoms with Gasteiger partial charge in [0, 0.05) is 61.3 Å². The Hall–Kier alpha value is -4.31. The number of aromatic nitrogens is 5. The van der Waals surface area contributed by atoms with Crippen molar-refractivity contribution < 1.29 is 4.79 Å². The van der Waals surface area contributed by atoms with Crippen molar-refractivity contribution in [1.29, 1.82) is 0 Å². The molecule has 2 fully saturated rings. The molecule has 1 amide bonds. The van der Waals surface area contributed by atoms with Crippen LogP contribution >= 0.6 is 0 Å². The molecule has 10 nitrogen and oxygen atoms in total. The van der Waals surface area contributed by atoms with Gasteiger partial charge in [-0.3, -0.25) is 4.79 Å². The van der Waals surface area contributed by atoms with Gasteiger partial charge in [-0.05, 0) is 90.6 Å². The Morgan fingerprint density at radius 2 is 1.71 bits per heavy atom. The van der Waals surface area contributed by atoms with Crippen LogP contribution in [0.3, 0.4) is 0 Å². The van der Waals surface area contributed by atoms with Gasteiger partial charge in [-0.25, -0.2) is 4.98 Å². The van der Waals surface area contributed by atoms with E-state index in [9.17, 15) is 4.79 Å². The fourth-order valence-corrected chi connectivity index (χ4v) is 6.23. The van der Waals surface area contributed by atoms with Gasteiger partial charge in [-0.15, -0.1) is 10.2 Å². The summed E-state index contributed by atoms with van der Waals surface area (Å²) in [6.45, 7) is 3.58. The number of pyridine rings is 1. The average molecular weight is 566 g/mol. The zero-order chi connectivity index (χ0) is 28.9. The molecule has 1 aliphatic carbocycles. The van der Waals surface area contributed by atoms with E-state index in [4.69, 9.17) is 0 Å². The molecule has 1 saturated heterocycles. The summed E-state index contributed by atoms with van der Waals surface area (Å²) in [7, 11) is 1.78. The first-order valence-corrected chi connectivity index (χ1v) is 15.0. The predicted molar refractivity (Wildman–Crippen MR) is 166 cm³/mol. The standard InChI is InChI=1S/C32H39N9O/c1-22(42)34-26-8-5-7-24(19-26)25-16-17-33-31(20-25)36-30-11-4-3-10-29(30)35-27-9-6-18-41(21-27)28-14-12-23(13-15-28)32-37-39-40(2)38-32/h5,7-8,12-17,19-20,27,29-30,35H,3-4,6,9-11,18,21H2,1-2H3,(H,33,36)(H,34,42)/t27-,29+,30+/m0/s1. The maximum Gasteiger partial charge on any atom is 0.221 e. The largest absolute Gasteiger partial charge is 0.370 e. The van der Waals surface area contributed by atoms with Crippen molar-refractivity contribution in [2.24, 2.45) is 7.05 Å². The molecule has 3 atom stereocenters. The lowest BCUT2D eigenvalue weighted by Gasteiger charge is -2.40. The minimum Gasteiger partial charge on any atom is -0.370 e. The Balaban J connectivity index is 1.10. The van der Waals surface area contributed by atoms with Crippen LogP contribution in [0.25, 0.3) is 22.5 Å². The van der Waals surface area contributed by atoms with E-state index in [0.29, 0.717) is 23.9 Å². The minimum atomic E-state index is -0.0741. The number of piperidine rings is 1. The summed E-state index contributed by atoms with van der Waals surface area (Å²) in [4.78, 5) is 20.1. The van der Waals surface area contributed by atoms with Crippen LogP contribution in [0.15, 0.2) is 66.9 Å². The van der Waals surface area contributed by atoms with E-state index in [1.165, 1.54) is 36.7 Å². The SMILES string of the molecule is CC(=O)Nc1cccc(-c2ccnc(N[C@@H]3CCCC[C@H]3N[C@H]3CCCN(c4ccc(-c5nnn(C)n5)cc4)C3)c2)c1. The van der Waals surface area contributed by atoms with E-state index in [2.05, 4.69) is 77.6 Å². The fourth-order valence-electron chi connectivity index (χ4n) is 6.23. The lowest BCUT2D eigenvalue weighted by Crippen LogP contribution is -2.54. The summed E-state index contributed by atoms with van der Waals surface area (Å²) in [5, 5.41) is 23.1. The van der Waals surface area contributed by atoms with Gasteiger partial charge in [0.2, 0.25) is 11.7 Å². The van der Waals surface area contributed by atoms with E-state index in [-0.39, 0.29) is 5.91 Å². The average Bonchev–Trinajstić information content (AvgIpc) is 3.44. The Kier molecular flexibility index (Phi) is 8.41. The number of tetrazole rings is 1. The molecule has 0 radical (unpaired) electrons. The van der Waals surface area contributed by atoms with E-state index < -0.39 is 0 Å². The van der Waals surface area contributed by atoms with E-state index in [0.717, 1.165) is 60.5 Å². The highest BCUT2D eigenvalue weighted by molar-refractivity contribution is 5.89.